The van der Waals surface area contributed by atoms with Crippen LogP contribution in [0.2, 0.25) is 0 Å². The number of ether oxygens (including phenoxy) is 1. The lowest BCUT2D eigenvalue weighted by Gasteiger charge is -2.30. The Bertz CT molecular complexity index is 539. The minimum Gasteiger partial charge on any atom is -0.452 e. The van der Waals surface area contributed by atoms with Crippen LogP contribution < -0.4 is 0 Å². The van der Waals surface area contributed by atoms with Crippen molar-refractivity contribution in [2.75, 3.05) is 19.7 Å². The van der Waals surface area contributed by atoms with Crippen LogP contribution in [0.15, 0.2) is 18.2 Å². The van der Waals surface area contributed by atoms with Gasteiger partial charge in [-0.25, -0.2) is 4.79 Å². The monoisotopic (exact) mass is 289 g/mol. The molecule has 0 saturated carbocycles. The molecule has 0 aromatic heterocycles. The predicted octanol–water partition coefficient (Wildman–Crippen LogP) is 2.72. The number of hydrogen-bond donors (Lipinski definition) is 0. The molecule has 1 fully saturated rings. The minimum atomic E-state index is -0.434. The number of esters is 1. The van der Waals surface area contributed by atoms with Gasteiger partial charge in [0.05, 0.1) is 5.56 Å². The van der Waals surface area contributed by atoms with Gasteiger partial charge in [0.15, 0.2) is 6.61 Å². The van der Waals surface area contributed by atoms with E-state index in [-0.39, 0.29) is 12.5 Å². The number of benzene rings is 1. The first kappa shape index (κ1) is 15.5. The van der Waals surface area contributed by atoms with Gasteiger partial charge in [-0.1, -0.05) is 13.0 Å². The van der Waals surface area contributed by atoms with E-state index >= 15 is 0 Å². The highest BCUT2D eigenvalue weighted by atomic mass is 16.5. The molecule has 2 rings (SSSR count). The molecule has 0 N–H and O–H groups in total. The fourth-order valence-electron chi connectivity index (χ4n) is 2.59. The van der Waals surface area contributed by atoms with E-state index in [9.17, 15) is 9.59 Å². The highest BCUT2D eigenvalue weighted by Gasteiger charge is 2.22. The fraction of sp³-hybridized carbons (Fsp3) is 0.529. The number of carbonyl (C=O) groups excluding carboxylic acids is 2. The van der Waals surface area contributed by atoms with Crippen molar-refractivity contribution in [1.29, 1.82) is 0 Å². The predicted molar refractivity (Wildman–Crippen MR) is 81.2 cm³/mol. The van der Waals surface area contributed by atoms with Crippen molar-refractivity contribution in [2.24, 2.45) is 5.92 Å². The molecule has 0 aliphatic carbocycles. The summed E-state index contributed by atoms with van der Waals surface area (Å²) in [6, 6.07) is 5.42. The molecule has 1 aromatic carbocycles. The third-order valence-electron chi connectivity index (χ3n) is 4.08. The summed E-state index contributed by atoms with van der Waals surface area (Å²) >= 11 is 0. The summed E-state index contributed by atoms with van der Waals surface area (Å²) in [5, 5.41) is 0. The highest BCUT2D eigenvalue weighted by molar-refractivity contribution is 5.91. The van der Waals surface area contributed by atoms with Crippen molar-refractivity contribution < 1.29 is 14.3 Å². The molecule has 1 unspecified atom stereocenters. The standard InChI is InChI=1S/C17H23NO3/c1-12-5-4-8-18(10-12)16(19)11-21-17(20)15-7-6-13(2)14(3)9-15/h6-7,9,12H,4-5,8,10-11H2,1-3H3. The summed E-state index contributed by atoms with van der Waals surface area (Å²) in [4.78, 5) is 25.8. The van der Waals surface area contributed by atoms with E-state index in [1.165, 1.54) is 0 Å². The Morgan fingerprint density at radius 2 is 2.05 bits per heavy atom. The summed E-state index contributed by atoms with van der Waals surface area (Å²) in [5.41, 5.74) is 2.67. The number of aryl methyl sites for hydroxylation is 2. The highest BCUT2D eigenvalue weighted by Crippen LogP contribution is 2.16. The first-order valence-corrected chi connectivity index (χ1v) is 7.49. The van der Waals surface area contributed by atoms with Gasteiger partial charge < -0.3 is 9.64 Å². The van der Waals surface area contributed by atoms with Gasteiger partial charge in [-0.05, 0) is 55.9 Å². The molecule has 4 heteroatoms. The van der Waals surface area contributed by atoms with Crippen LogP contribution in [0.4, 0.5) is 0 Å². The van der Waals surface area contributed by atoms with Crippen LogP contribution in [0.1, 0.15) is 41.3 Å². The smallest absolute Gasteiger partial charge is 0.338 e. The molecule has 1 amide bonds. The molecular formula is C17H23NO3. The molecule has 0 radical (unpaired) electrons. The SMILES string of the molecule is Cc1ccc(C(=O)OCC(=O)N2CCCC(C)C2)cc1C. The third kappa shape index (κ3) is 4.06. The zero-order chi connectivity index (χ0) is 15.4. The average molecular weight is 289 g/mol. The van der Waals surface area contributed by atoms with Gasteiger partial charge in [0, 0.05) is 13.1 Å². The molecule has 21 heavy (non-hydrogen) atoms. The molecular weight excluding hydrogens is 266 g/mol. The lowest BCUT2D eigenvalue weighted by atomic mass is 10.0. The van der Waals surface area contributed by atoms with Gasteiger partial charge in [0.25, 0.3) is 5.91 Å². The number of nitrogens with zero attached hydrogens (tertiary/aromatic N) is 1. The van der Waals surface area contributed by atoms with Gasteiger partial charge in [0.1, 0.15) is 0 Å². The Hall–Kier alpha value is -1.84. The normalized spacial score (nSPS) is 18.4. The summed E-state index contributed by atoms with van der Waals surface area (Å²) in [7, 11) is 0. The molecule has 0 spiro atoms. The zero-order valence-corrected chi connectivity index (χ0v) is 13.0. The number of likely N-dealkylation sites (tertiary alicyclic amines) is 1. The second kappa shape index (κ2) is 6.74. The van der Waals surface area contributed by atoms with Gasteiger partial charge in [-0.3, -0.25) is 4.79 Å². The summed E-state index contributed by atoms with van der Waals surface area (Å²) in [6.45, 7) is 7.45. The molecule has 1 aliphatic heterocycles. The average Bonchev–Trinajstić information content (AvgIpc) is 2.47. The summed E-state index contributed by atoms with van der Waals surface area (Å²) < 4.78 is 5.14. The van der Waals surface area contributed by atoms with E-state index in [1.54, 1.807) is 17.0 Å². The topological polar surface area (TPSA) is 46.6 Å². The summed E-state index contributed by atoms with van der Waals surface area (Å²) in [5.74, 6) is -0.00612. The van der Waals surface area contributed by atoms with Crippen molar-refractivity contribution in [3.63, 3.8) is 0 Å². The largest absolute Gasteiger partial charge is 0.452 e. The zero-order valence-electron chi connectivity index (χ0n) is 13.0. The van der Waals surface area contributed by atoms with Crippen molar-refractivity contribution >= 4 is 11.9 Å². The van der Waals surface area contributed by atoms with Crippen molar-refractivity contribution in [3.05, 3.63) is 34.9 Å². The molecule has 1 heterocycles. The Morgan fingerprint density at radius 1 is 1.29 bits per heavy atom. The molecule has 0 bridgehead atoms. The van der Waals surface area contributed by atoms with Crippen LogP contribution >= 0.6 is 0 Å². The Balaban J connectivity index is 1.88. The molecule has 1 aromatic rings. The molecule has 1 atom stereocenters. The Kier molecular flexibility index (Phi) is 4.99. The Labute approximate surface area is 126 Å². The van der Waals surface area contributed by atoms with Crippen molar-refractivity contribution in [1.82, 2.24) is 4.90 Å². The number of rotatable bonds is 3. The maximum absolute atomic E-state index is 12.0. The molecule has 1 saturated heterocycles. The van der Waals surface area contributed by atoms with Gasteiger partial charge in [-0.15, -0.1) is 0 Å². The number of amides is 1. The van der Waals surface area contributed by atoms with Crippen molar-refractivity contribution in [2.45, 2.75) is 33.6 Å². The van der Waals surface area contributed by atoms with E-state index in [2.05, 4.69) is 6.92 Å². The lowest BCUT2D eigenvalue weighted by molar-refractivity contribution is -0.136. The minimum absolute atomic E-state index is 0.0984. The van der Waals surface area contributed by atoms with Crippen LogP contribution in [-0.2, 0) is 9.53 Å². The first-order valence-electron chi connectivity index (χ1n) is 7.49. The van der Waals surface area contributed by atoms with E-state index < -0.39 is 5.97 Å². The summed E-state index contributed by atoms with van der Waals surface area (Å²) in [6.07, 6.45) is 2.18. The molecule has 4 nitrogen and oxygen atoms in total. The van der Waals surface area contributed by atoms with Gasteiger partial charge in [-0.2, -0.15) is 0 Å². The third-order valence-corrected chi connectivity index (χ3v) is 4.08. The lowest BCUT2D eigenvalue weighted by Crippen LogP contribution is -2.41. The number of carbonyl (C=O) groups is 2. The molecule has 114 valence electrons. The van der Waals surface area contributed by atoms with Gasteiger partial charge in [0.2, 0.25) is 0 Å². The van der Waals surface area contributed by atoms with E-state index in [0.717, 1.165) is 37.1 Å². The Morgan fingerprint density at radius 3 is 2.71 bits per heavy atom. The van der Waals surface area contributed by atoms with E-state index in [0.29, 0.717) is 11.5 Å². The fourth-order valence-corrected chi connectivity index (χ4v) is 2.59. The molecule has 1 aliphatic rings. The quantitative estimate of drug-likeness (QED) is 0.804. The van der Waals surface area contributed by atoms with Crippen LogP contribution in [0, 0.1) is 19.8 Å². The van der Waals surface area contributed by atoms with E-state index in [4.69, 9.17) is 4.74 Å². The number of piperidine rings is 1. The second-order valence-electron chi connectivity index (χ2n) is 5.96. The maximum atomic E-state index is 12.0. The van der Waals surface area contributed by atoms with Crippen LogP contribution in [-0.4, -0.2) is 36.5 Å². The van der Waals surface area contributed by atoms with Crippen molar-refractivity contribution in [3.8, 4) is 0 Å². The van der Waals surface area contributed by atoms with Crippen LogP contribution in [0.5, 0.6) is 0 Å². The van der Waals surface area contributed by atoms with Crippen LogP contribution in [0.25, 0.3) is 0 Å². The second-order valence-corrected chi connectivity index (χ2v) is 5.96. The van der Waals surface area contributed by atoms with E-state index in [1.807, 2.05) is 19.9 Å². The van der Waals surface area contributed by atoms with Crippen LogP contribution in [0.3, 0.4) is 0 Å². The van der Waals surface area contributed by atoms with Gasteiger partial charge >= 0.3 is 5.97 Å². The first-order chi connectivity index (χ1) is 9.97. The maximum Gasteiger partial charge on any atom is 0.338 e. The number of hydrogen-bond acceptors (Lipinski definition) is 3.